The topological polar surface area (TPSA) is 48.9 Å². The Morgan fingerprint density at radius 3 is 2.57 bits per heavy atom. The van der Waals surface area contributed by atoms with E-state index in [9.17, 15) is 0 Å². The number of nitrogens with zero attached hydrogens (tertiary/aromatic N) is 2. The number of benzene rings is 1. The molecule has 0 amide bonds. The van der Waals surface area contributed by atoms with Crippen LogP contribution in [0, 0.1) is 11.3 Å². The van der Waals surface area contributed by atoms with Gasteiger partial charge < -0.3 is 15.4 Å². The first-order valence-electron chi connectivity index (χ1n) is 11.8. The molecule has 2 saturated carbocycles. The molecule has 1 spiro atoms. The number of ether oxygens (including phenoxy) is 1. The lowest BCUT2D eigenvalue weighted by molar-refractivity contribution is -0.125. The Morgan fingerprint density at radius 1 is 1.13 bits per heavy atom. The van der Waals surface area contributed by atoms with Crippen molar-refractivity contribution in [2.75, 3.05) is 26.7 Å². The summed E-state index contributed by atoms with van der Waals surface area (Å²) in [5.74, 6) is 1.66. The van der Waals surface area contributed by atoms with Gasteiger partial charge in [-0.05, 0) is 49.8 Å². The number of nitrogens with one attached hydrogen (secondary N) is 2. The van der Waals surface area contributed by atoms with Crippen molar-refractivity contribution in [3.63, 3.8) is 0 Å². The molecule has 5 nitrogen and oxygen atoms in total. The minimum atomic E-state index is 0.362. The molecule has 0 radical (unpaired) electrons. The second-order valence-corrected chi connectivity index (χ2v) is 10.1. The third kappa shape index (κ3) is 3.85. The molecule has 5 rings (SSSR count). The summed E-state index contributed by atoms with van der Waals surface area (Å²) in [6.07, 6.45) is 9.32. The van der Waals surface area contributed by atoms with E-state index in [0.717, 1.165) is 50.1 Å². The maximum atomic E-state index is 6.14. The van der Waals surface area contributed by atoms with Crippen LogP contribution in [0.25, 0.3) is 0 Å². The number of likely N-dealkylation sites (tertiary alicyclic amines) is 1. The number of guanidine groups is 1. The zero-order chi connectivity index (χ0) is 20.6. The summed E-state index contributed by atoms with van der Waals surface area (Å²) in [4.78, 5) is 7.13. The zero-order valence-corrected chi connectivity index (χ0v) is 18.8. The zero-order valence-electron chi connectivity index (χ0n) is 18.1. The van der Waals surface area contributed by atoms with Crippen LogP contribution in [0.2, 0.25) is 5.02 Å². The van der Waals surface area contributed by atoms with Crippen molar-refractivity contribution in [1.82, 2.24) is 15.5 Å². The molecule has 3 atom stereocenters. The number of halogens is 1. The van der Waals surface area contributed by atoms with Crippen LogP contribution in [-0.4, -0.2) is 55.8 Å². The van der Waals surface area contributed by atoms with Crippen molar-refractivity contribution in [2.45, 2.75) is 69.7 Å². The number of rotatable bonds is 4. The Morgan fingerprint density at radius 2 is 1.87 bits per heavy atom. The molecule has 2 aliphatic heterocycles. The van der Waals surface area contributed by atoms with Gasteiger partial charge in [0.05, 0.1) is 6.10 Å². The van der Waals surface area contributed by atoms with Crippen LogP contribution in [0.1, 0.15) is 50.5 Å². The van der Waals surface area contributed by atoms with Crippen molar-refractivity contribution >= 4 is 17.6 Å². The summed E-state index contributed by atoms with van der Waals surface area (Å²) in [5, 5.41) is 8.39. The van der Waals surface area contributed by atoms with E-state index in [-0.39, 0.29) is 0 Å². The van der Waals surface area contributed by atoms with Gasteiger partial charge in [-0.2, -0.15) is 0 Å². The summed E-state index contributed by atoms with van der Waals surface area (Å²) >= 11 is 6.01. The standard InChI is InChI=1S/C24H35ClN4O/c1-26-23(28-21-20-10-15-30-22(20)24(21)11-2-3-12-24)27-19-8-13-29(14-9-19)16-17-4-6-18(25)7-5-17/h4-7,19-22H,2-3,8-16H2,1H3,(H2,26,27,28). The molecule has 2 saturated heterocycles. The average molecular weight is 431 g/mol. The Kier molecular flexibility index (Phi) is 5.96. The van der Waals surface area contributed by atoms with Gasteiger partial charge in [-0.25, -0.2) is 0 Å². The highest BCUT2D eigenvalue weighted by Crippen LogP contribution is 2.60. The molecule has 1 aromatic carbocycles. The second kappa shape index (κ2) is 8.68. The Bertz CT molecular complexity index is 753. The number of hydrogen-bond acceptors (Lipinski definition) is 3. The van der Waals surface area contributed by atoms with E-state index in [1.807, 2.05) is 19.2 Å². The Balaban J connectivity index is 1.13. The first-order valence-corrected chi connectivity index (χ1v) is 12.1. The molecule has 2 N–H and O–H groups in total. The van der Waals surface area contributed by atoms with Crippen LogP contribution in [0.3, 0.4) is 0 Å². The quantitative estimate of drug-likeness (QED) is 0.563. The summed E-state index contributed by atoms with van der Waals surface area (Å²) in [6, 6.07) is 9.26. The predicted molar refractivity (Wildman–Crippen MR) is 122 cm³/mol. The molecule has 1 aromatic rings. The molecule has 4 aliphatic rings. The molecule has 2 heterocycles. The molecule has 3 unspecified atom stereocenters. The van der Waals surface area contributed by atoms with E-state index in [1.165, 1.54) is 37.7 Å². The molecule has 6 heteroatoms. The van der Waals surface area contributed by atoms with Gasteiger partial charge >= 0.3 is 0 Å². The fraction of sp³-hybridized carbons (Fsp3) is 0.708. The van der Waals surface area contributed by atoms with E-state index < -0.39 is 0 Å². The van der Waals surface area contributed by atoms with E-state index in [1.54, 1.807) is 0 Å². The van der Waals surface area contributed by atoms with Crippen molar-refractivity contribution in [1.29, 1.82) is 0 Å². The molecule has 0 bridgehead atoms. The first kappa shape index (κ1) is 20.6. The SMILES string of the molecule is CN=C(NC1CCN(Cc2ccc(Cl)cc2)CC1)NC1C2CCOC2C12CCCC2. The minimum absolute atomic E-state index is 0.362. The van der Waals surface area contributed by atoms with E-state index in [0.29, 0.717) is 29.5 Å². The second-order valence-electron chi connectivity index (χ2n) is 9.70. The van der Waals surface area contributed by atoms with Crippen molar-refractivity contribution in [3.8, 4) is 0 Å². The van der Waals surface area contributed by atoms with Crippen LogP contribution in [0.4, 0.5) is 0 Å². The smallest absolute Gasteiger partial charge is 0.191 e. The van der Waals surface area contributed by atoms with Crippen LogP contribution >= 0.6 is 11.6 Å². The number of aliphatic imine (C=N–C) groups is 1. The number of fused-ring (bicyclic) bond motifs is 2. The van der Waals surface area contributed by atoms with Crippen molar-refractivity contribution in [3.05, 3.63) is 34.9 Å². The normalized spacial score (nSPS) is 31.5. The highest BCUT2D eigenvalue weighted by atomic mass is 35.5. The number of piperidine rings is 1. The molecule has 2 aliphatic carbocycles. The summed E-state index contributed by atoms with van der Waals surface area (Å²) in [5.41, 5.74) is 1.70. The van der Waals surface area contributed by atoms with Gasteiger partial charge in [0.1, 0.15) is 0 Å². The largest absolute Gasteiger partial charge is 0.377 e. The van der Waals surface area contributed by atoms with Crippen LogP contribution in [-0.2, 0) is 11.3 Å². The predicted octanol–water partition coefficient (Wildman–Crippen LogP) is 3.82. The van der Waals surface area contributed by atoms with Gasteiger partial charge in [-0.15, -0.1) is 0 Å². The highest BCUT2D eigenvalue weighted by molar-refractivity contribution is 6.30. The minimum Gasteiger partial charge on any atom is -0.377 e. The molecule has 30 heavy (non-hydrogen) atoms. The lowest BCUT2D eigenvalue weighted by Crippen LogP contribution is -2.69. The van der Waals surface area contributed by atoms with E-state index in [4.69, 9.17) is 16.3 Å². The van der Waals surface area contributed by atoms with Gasteiger partial charge in [0.25, 0.3) is 0 Å². The lowest BCUT2D eigenvalue weighted by atomic mass is 9.54. The molecule has 164 valence electrons. The monoisotopic (exact) mass is 430 g/mol. The van der Waals surface area contributed by atoms with Crippen LogP contribution in [0.5, 0.6) is 0 Å². The average Bonchev–Trinajstić information content (AvgIpc) is 3.43. The third-order valence-corrected chi connectivity index (χ3v) is 8.30. The van der Waals surface area contributed by atoms with E-state index in [2.05, 4.69) is 32.7 Å². The van der Waals surface area contributed by atoms with E-state index >= 15 is 0 Å². The Labute approximate surface area is 185 Å². The third-order valence-electron chi connectivity index (χ3n) is 8.05. The molecule has 0 aromatic heterocycles. The van der Waals surface area contributed by atoms with Gasteiger partial charge in [-0.1, -0.05) is 36.6 Å². The fourth-order valence-corrected chi connectivity index (χ4v) is 6.62. The maximum absolute atomic E-state index is 6.14. The summed E-state index contributed by atoms with van der Waals surface area (Å²) < 4.78 is 6.14. The first-order chi connectivity index (χ1) is 14.7. The van der Waals surface area contributed by atoms with Crippen LogP contribution < -0.4 is 10.6 Å². The Hall–Kier alpha value is -1.30. The summed E-state index contributed by atoms with van der Waals surface area (Å²) in [6.45, 7) is 4.17. The summed E-state index contributed by atoms with van der Waals surface area (Å²) in [7, 11) is 1.91. The molecular formula is C24H35ClN4O. The van der Waals surface area contributed by atoms with Crippen molar-refractivity contribution in [2.24, 2.45) is 16.3 Å². The van der Waals surface area contributed by atoms with Gasteiger partial charge in [0.15, 0.2) is 5.96 Å². The number of hydrogen-bond donors (Lipinski definition) is 2. The van der Waals surface area contributed by atoms with Gasteiger partial charge in [-0.3, -0.25) is 9.89 Å². The fourth-order valence-electron chi connectivity index (χ4n) is 6.50. The molecular weight excluding hydrogens is 396 g/mol. The van der Waals surface area contributed by atoms with Crippen LogP contribution in [0.15, 0.2) is 29.3 Å². The van der Waals surface area contributed by atoms with Crippen molar-refractivity contribution < 1.29 is 4.74 Å². The lowest BCUT2D eigenvalue weighted by Gasteiger charge is -2.57. The molecule has 4 fully saturated rings. The maximum Gasteiger partial charge on any atom is 0.191 e. The van der Waals surface area contributed by atoms with Gasteiger partial charge in [0, 0.05) is 61.7 Å². The highest BCUT2D eigenvalue weighted by Gasteiger charge is 2.65. The van der Waals surface area contributed by atoms with Gasteiger partial charge in [0.2, 0.25) is 0 Å².